The molecule has 3 aliphatic carbocycles. The molecule has 0 amide bonds. The summed E-state index contributed by atoms with van der Waals surface area (Å²) in [7, 11) is 0. The highest BCUT2D eigenvalue weighted by molar-refractivity contribution is 5.83. The van der Waals surface area contributed by atoms with Gasteiger partial charge < -0.3 is 5.11 Å². The van der Waals surface area contributed by atoms with Gasteiger partial charge in [0, 0.05) is 12.3 Å². The highest BCUT2D eigenvalue weighted by Crippen LogP contribution is 2.38. The molecule has 0 saturated heterocycles. The van der Waals surface area contributed by atoms with Gasteiger partial charge in [-0.15, -0.1) is 0 Å². The van der Waals surface area contributed by atoms with Gasteiger partial charge in [0.1, 0.15) is 5.78 Å². The monoisotopic (exact) mass is 140 g/mol. The molecule has 0 heterocycles. The summed E-state index contributed by atoms with van der Waals surface area (Å²) in [6.45, 7) is 0. The number of carbonyl (C=O) groups is 1. The molecule has 0 aromatic carbocycles. The summed E-state index contributed by atoms with van der Waals surface area (Å²) in [6.07, 6.45) is 3.40. The number of Topliss-reactive ketones (excluding diaryl/α,β-unsaturated/α-hetero) is 1. The molecular weight excluding hydrogens is 128 g/mol. The molecule has 3 aliphatic rings. The number of aliphatic hydroxyl groups is 1. The van der Waals surface area contributed by atoms with Gasteiger partial charge in [-0.1, -0.05) is 0 Å². The van der Waals surface area contributed by atoms with E-state index >= 15 is 0 Å². The molecule has 0 radical (unpaired) electrons. The van der Waals surface area contributed by atoms with Crippen LogP contribution in [0.3, 0.4) is 0 Å². The number of hydrogen-bond acceptors (Lipinski definition) is 2. The zero-order valence-corrected chi connectivity index (χ0v) is 5.92. The van der Waals surface area contributed by atoms with Crippen LogP contribution in [0.1, 0.15) is 25.7 Å². The van der Waals surface area contributed by atoms with Crippen LogP contribution < -0.4 is 0 Å². The maximum atomic E-state index is 11.1. The first-order valence-corrected chi connectivity index (χ1v) is 3.98. The molecule has 0 spiro atoms. The molecular formula is C8H12O2. The number of ketones is 1. The van der Waals surface area contributed by atoms with Crippen LogP contribution in [0.4, 0.5) is 0 Å². The first kappa shape index (κ1) is 6.35. The second-order valence-electron chi connectivity index (χ2n) is 3.52. The minimum absolute atomic E-state index is 0.00463. The number of fused-ring (bicyclic) bond motifs is 3. The summed E-state index contributed by atoms with van der Waals surface area (Å²) in [5.41, 5.74) is 0. The second kappa shape index (κ2) is 2.06. The van der Waals surface area contributed by atoms with E-state index in [1.54, 1.807) is 0 Å². The normalized spacial score (nSPS) is 46.1. The Morgan fingerprint density at radius 1 is 1.40 bits per heavy atom. The van der Waals surface area contributed by atoms with Crippen molar-refractivity contribution < 1.29 is 9.90 Å². The Hall–Kier alpha value is -0.370. The average molecular weight is 140 g/mol. The third-order valence-corrected chi connectivity index (χ3v) is 2.83. The van der Waals surface area contributed by atoms with E-state index in [-0.39, 0.29) is 12.0 Å². The van der Waals surface area contributed by atoms with Gasteiger partial charge in [0.25, 0.3) is 0 Å². The van der Waals surface area contributed by atoms with Crippen molar-refractivity contribution in [2.24, 2.45) is 11.8 Å². The summed E-state index contributed by atoms with van der Waals surface area (Å²) in [5.74, 6) is 0.812. The van der Waals surface area contributed by atoms with E-state index in [4.69, 9.17) is 0 Å². The Kier molecular flexibility index (Phi) is 1.31. The number of aliphatic hydroxyl groups excluding tert-OH is 1. The van der Waals surface area contributed by atoms with E-state index in [1.807, 2.05) is 0 Å². The van der Waals surface area contributed by atoms with Gasteiger partial charge in [-0.2, -0.15) is 0 Å². The first-order valence-electron chi connectivity index (χ1n) is 3.98. The molecule has 3 rings (SSSR count). The SMILES string of the molecule is O=C1C[C@@H]2CC[C@H]1[C@@H](O)C2. The van der Waals surface area contributed by atoms with Crippen LogP contribution in [0.5, 0.6) is 0 Å². The van der Waals surface area contributed by atoms with Gasteiger partial charge in [0.2, 0.25) is 0 Å². The van der Waals surface area contributed by atoms with Gasteiger partial charge in [-0.25, -0.2) is 0 Å². The fourth-order valence-corrected chi connectivity index (χ4v) is 2.23. The number of hydrogen-bond donors (Lipinski definition) is 1. The zero-order valence-electron chi connectivity index (χ0n) is 5.92. The van der Waals surface area contributed by atoms with Crippen molar-refractivity contribution in [1.29, 1.82) is 0 Å². The summed E-state index contributed by atoms with van der Waals surface area (Å²) in [5, 5.41) is 9.35. The summed E-state index contributed by atoms with van der Waals surface area (Å²) in [6, 6.07) is 0. The summed E-state index contributed by atoms with van der Waals surface area (Å²) < 4.78 is 0. The minimum atomic E-state index is -0.306. The highest BCUT2D eigenvalue weighted by atomic mass is 16.3. The van der Waals surface area contributed by atoms with Crippen LogP contribution in [0.2, 0.25) is 0 Å². The van der Waals surface area contributed by atoms with Crippen LogP contribution in [0.25, 0.3) is 0 Å². The lowest BCUT2D eigenvalue weighted by Crippen LogP contribution is -2.41. The largest absolute Gasteiger partial charge is 0.392 e. The van der Waals surface area contributed by atoms with Crippen molar-refractivity contribution in [3.63, 3.8) is 0 Å². The van der Waals surface area contributed by atoms with Crippen LogP contribution in [-0.2, 0) is 4.79 Å². The lowest BCUT2D eigenvalue weighted by Gasteiger charge is -2.38. The van der Waals surface area contributed by atoms with E-state index in [2.05, 4.69) is 0 Å². The molecule has 1 N–H and O–H groups in total. The van der Waals surface area contributed by atoms with E-state index in [0.717, 1.165) is 25.7 Å². The quantitative estimate of drug-likeness (QED) is 0.538. The molecule has 0 unspecified atom stereocenters. The lowest BCUT2D eigenvalue weighted by atomic mass is 9.68. The van der Waals surface area contributed by atoms with Crippen LogP contribution in [0.15, 0.2) is 0 Å². The van der Waals surface area contributed by atoms with Gasteiger partial charge >= 0.3 is 0 Å². The van der Waals surface area contributed by atoms with E-state index in [1.165, 1.54) is 0 Å². The Morgan fingerprint density at radius 3 is 2.60 bits per heavy atom. The molecule has 0 aliphatic heterocycles. The molecule has 3 saturated carbocycles. The topological polar surface area (TPSA) is 37.3 Å². The maximum absolute atomic E-state index is 11.1. The molecule has 0 aromatic heterocycles. The van der Waals surface area contributed by atoms with Crippen LogP contribution >= 0.6 is 0 Å². The molecule has 0 aromatic rings. The summed E-state index contributed by atoms with van der Waals surface area (Å²) in [4.78, 5) is 11.1. The molecule has 56 valence electrons. The third-order valence-electron chi connectivity index (χ3n) is 2.83. The van der Waals surface area contributed by atoms with Gasteiger partial charge in [-0.05, 0) is 25.2 Å². The minimum Gasteiger partial charge on any atom is -0.392 e. The number of rotatable bonds is 0. The Labute approximate surface area is 60.2 Å². The molecule has 3 fully saturated rings. The molecule has 10 heavy (non-hydrogen) atoms. The van der Waals surface area contributed by atoms with Crippen molar-refractivity contribution in [2.75, 3.05) is 0 Å². The van der Waals surface area contributed by atoms with Gasteiger partial charge in [-0.3, -0.25) is 4.79 Å². The average Bonchev–Trinajstić information content (AvgIpc) is 1.86. The predicted octanol–water partition coefficient (Wildman–Crippen LogP) is 0.736. The zero-order chi connectivity index (χ0) is 7.14. The van der Waals surface area contributed by atoms with Crippen LogP contribution in [-0.4, -0.2) is 17.0 Å². The Balaban J connectivity index is 2.18. The standard InChI is InChI=1S/C8H12O2/c9-7-3-5-1-2-6(7)8(10)4-5/h5-7,9H,1-4H2/t5-,6+,7+/m1/s1. The maximum Gasteiger partial charge on any atom is 0.138 e. The van der Waals surface area contributed by atoms with E-state index in [0.29, 0.717) is 11.7 Å². The second-order valence-corrected chi connectivity index (χ2v) is 3.52. The molecule has 2 bridgehead atoms. The van der Waals surface area contributed by atoms with Gasteiger partial charge in [0.05, 0.1) is 6.10 Å². The fraction of sp³-hybridized carbons (Fsp3) is 0.875. The van der Waals surface area contributed by atoms with E-state index < -0.39 is 0 Å². The lowest BCUT2D eigenvalue weighted by molar-refractivity contribution is -0.136. The van der Waals surface area contributed by atoms with Crippen molar-refractivity contribution in [3.8, 4) is 0 Å². The van der Waals surface area contributed by atoms with Gasteiger partial charge in [0.15, 0.2) is 0 Å². The van der Waals surface area contributed by atoms with Crippen molar-refractivity contribution >= 4 is 5.78 Å². The third kappa shape index (κ3) is 0.788. The van der Waals surface area contributed by atoms with Crippen LogP contribution in [0, 0.1) is 11.8 Å². The van der Waals surface area contributed by atoms with Crippen molar-refractivity contribution in [3.05, 3.63) is 0 Å². The molecule has 2 nitrogen and oxygen atoms in total. The highest BCUT2D eigenvalue weighted by Gasteiger charge is 2.40. The Morgan fingerprint density at radius 2 is 2.20 bits per heavy atom. The molecule has 2 heteroatoms. The fourth-order valence-electron chi connectivity index (χ4n) is 2.23. The van der Waals surface area contributed by atoms with E-state index in [9.17, 15) is 9.90 Å². The summed E-state index contributed by atoms with van der Waals surface area (Å²) >= 11 is 0. The molecule has 3 atom stereocenters. The van der Waals surface area contributed by atoms with Crippen molar-refractivity contribution in [2.45, 2.75) is 31.8 Å². The van der Waals surface area contributed by atoms with Crippen molar-refractivity contribution in [1.82, 2.24) is 0 Å². The Bertz CT molecular complexity index is 165. The first-order chi connectivity index (χ1) is 4.77. The predicted molar refractivity (Wildman–Crippen MR) is 36.5 cm³/mol. The number of carbonyl (C=O) groups excluding carboxylic acids is 1. The smallest absolute Gasteiger partial charge is 0.138 e.